The first-order chi connectivity index (χ1) is 11.6. The third-order valence-corrected chi connectivity index (χ3v) is 4.03. The van der Waals surface area contributed by atoms with Gasteiger partial charge in [-0.05, 0) is 32.0 Å². The third-order valence-electron chi connectivity index (χ3n) is 3.77. The summed E-state index contributed by atoms with van der Waals surface area (Å²) in [5, 5.41) is 14.9. The van der Waals surface area contributed by atoms with Crippen molar-refractivity contribution in [3.8, 4) is 11.3 Å². The van der Waals surface area contributed by atoms with Gasteiger partial charge in [0.25, 0.3) is 5.91 Å². The highest BCUT2D eigenvalue weighted by atomic mass is 35.5. The van der Waals surface area contributed by atoms with Gasteiger partial charge in [-0.25, -0.2) is 0 Å². The largest absolute Gasteiger partial charge is 0.347 e. The molecule has 3 rings (SSSR count). The average Bonchev–Trinajstić information content (AvgIpc) is 3.20. The maximum Gasteiger partial charge on any atom is 0.269 e. The number of aromatic nitrogens is 4. The van der Waals surface area contributed by atoms with Gasteiger partial charge in [0.05, 0.1) is 11.4 Å². The van der Waals surface area contributed by atoms with E-state index in [2.05, 4.69) is 20.6 Å². The zero-order valence-corrected chi connectivity index (χ0v) is 14.3. The van der Waals surface area contributed by atoms with Crippen molar-refractivity contribution in [1.82, 2.24) is 25.3 Å². The van der Waals surface area contributed by atoms with E-state index in [0.717, 1.165) is 23.4 Å². The number of hydrogen-bond donors (Lipinski definition) is 2. The number of aromatic amines is 1. The topological polar surface area (TPSA) is 75.6 Å². The number of hydrogen-bond acceptors (Lipinski definition) is 3. The van der Waals surface area contributed by atoms with Crippen molar-refractivity contribution in [2.75, 3.05) is 0 Å². The summed E-state index contributed by atoms with van der Waals surface area (Å²) < 4.78 is 1.85. The lowest BCUT2D eigenvalue weighted by Crippen LogP contribution is -2.23. The van der Waals surface area contributed by atoms with E-state index in [-0.39, 0.29) is 5.91 Å². The van der Waals surface area contributed by atoms with Gasteiger partial charge in [-0.3, -0.25) is 14.6 Å². The van der Waals surface area contributed by atoms with E-state index in [1.54, 1.807) is 18.2 Å². The summed E-state index contributed by atoms with van der Waals surface area (Å²) in [4.78, 5) is 12.3. The van der Waals surface area contributed by atoms with E-state index in [1.165, 1.54) is 0 Å². The minimum absolute atomic E-state index is 0.202. The molecule has 124 valence electrons. The van der Waals surface area contributed by atoms with Gasteiger partial charge >= 0.3 is 0 Å². The van der Waals surface area contributed by atoms with Gasteiger partial charge < -0.3 is 5.32 Å². The number of nitrogens with one attached hydrogen (secondary N) is 2. The highest BCUT2D eigenvalue weighted by molar-refractivity contribution is 6.30. The monoisotopic (exact) mass is 343 g/mol. The molecule has 0 aliphatic heterocycles. The number of amides is 1. The maximum atomic E-state index is 12.3. The van der Waals surface area contributed by atoms with Crippen LogP contribution in [0.3, 0.4) is 0 Å². The second kappa shape index (κ2) is 6.88. The number of nitrogens with zero attached hydrogens (tertiary/aromatic N) is 3. The number of halogens is 1. The SMILES string of the molecule is CCn1cc(CNC(=O)c2cc(-c3ccc(Cl)cc3)n[nH]2)c(C)n1. The molecule has 6 nitrogen and oxygen atoms in total. The molecule has 0 unspecified atom stereocenters. The lowest BCUT2D eigenvalue weighted by Gasteiger charge is -2.01. The Hall–Kier alpha value is -2.60. The Bertz CT molecular complexity index is 850. The van der Waals surface area contributed by atoms with Crippen LogP contribution in [0.2, 0.25) is 5.02 Å². The number of carbonyl (C=O) groups excluding carboxylic acids is 1. The van der Waals surface area contributed by atoms with Crippen LogP contribution in [0, 0.1) is 6.92 Å². The van der Waals surface area contributed by atoms with Crippen LogP contribution < -0.4 is 5.32 Å². The van der Waals surface area contributed by atoms with Gasteiger partial charge in [-0.1, -0.05) is 23.7 Å². The van der Waals surface area contributed by atoms with Gasteiger partial charge in [0.1, 0.15) is 5.69 Å². The normalized spacial score (nSPS) is 10.8. The number of carbonyl (C=O) groups is 1. The fourth-order valence-electron chi connectivity index (χ4n) is 2.37. The van der Waals surface area contributed by atoms with Crippen molar-refractivity contribution in [2.45, 2.75) is 26.9 Å². The number of benzene rings is 1. The fourth-order valence-corrected chi connectivity index (χ4v) is 2.50. The molecule has 0 bridgehead atoms. The van der Waals surface area contributed by atoms with Gasteiger partial charge in [0.15, 0.2) is 0 Å². The summed E-state index contributed by atoms with van der Waals surface area (Å²) in [5.74, 6) is -0.202. The Morgan fingerprint density at radius 2 is 2.08 bits per heavy atom. The predicted octanol–water partition coefficient (Wildman–Crippen LogP) is 3.18. The molecule has 7 heteroatoms. The zero-order chi connectivity index (χ0) is 17.1. The van der Waals surface area contributed by atoms with E-state index in [1.807, 2.05) is 36.9 Å². The molecule has 0 spiro atoms. The summed E-state index contributed by atoms with van der Waals surface area (Å²) in [5.41, 5.74) is 3.94. The molecule has 2 N–H and O–H groups in total. The Labute approximate surface area is 144 Å². The van der Waals surface area contributed by atoms with Crippen LogP contribution >= 0.6 is 11.6 Å². The number of aryl methyl sites for hydroxylation is 2. The van der Waals surface area contributed by atoms with Crippen molar-refractivity contribution in [1.29, 1.82) is 0 Å². The van der Waals surface area contributed by atoms with Crippen molar-refractivity contribution in [3.63, 3.8) is 0 Å². The van der Waals surface area contributed by atoms with Crippen LogP contribution in [0.5, 0.6) is 0 Å². The highest BCUT2D eigenvalue weighted by Gasteiger charge is 2.12. The van der Waals surface area contributed by atoms with E-state index in [9.17, 15) is 4.79 Å². The molecule has 1 amide bonds. The maximum absolute atomic E-state index is 12.3. The van der Waals surface area contributed by atoms with Gasteiger partial charge in [-0.15, -0.1) is 0 Å². The quantitative estimate of drug-likeness (QED) is 0.747. The Morgan fingerprint density at radius 1 is 1.33 bits per heavy atom. The molecule has 0 atom stereocenters. The van der Waals surface area contributed by atoms with Crippen LogP contribution in [0.25, 0.3) is 11.3 Å². The molecular weight excluding hydrogens is 326 g/mol. The first kappa shape index (κ1) is 16.3. The average molecular weight is 344 g/mol. The Morgan fingerprint density at radius 3 is 2.75 bits per heavy atom. The standard InChI is InChI=1S/C17H18ClN5O/c1-3-23-10-13(11(2)22-23)9-19-17(24)16-8-15(20-21-16)12-4-6-14(18)7-5-12/h4-8,10H,3,9H2,1-2H3,(H,19,24)(H,20,21). The fraction of sp³-hybridized carbons (Fsp3) is 0.235. The summed E-state index contributed by atoms with van der Waals surface area (Å²) in [6, 6.07) is 9.03. The summed E-state index contributed by atoms with van der Waals surface area (Å²) in [6.07, 6.45) is 1.95. The smallest absolute Gasteiger partial charge is 0.269 e. The molecule has 0 radical (unpaired) electrons. The van der Waals surface area contributed by atoms with Gasteiger partial charge in [-0.2, -0.15) is 10.2 Å². The van der Waals surface area contributed by atoms with E-state index < -0.39 is 0 Å². The van der Waals surface area contributed by atoms with Crippen molar-refractivity contribution >= 4 is 17.5 Å². The molecule has 0 saturated heterocycles. The third kappa shape index (κ3) is 3.49. The Kier molecular flexibility index (Phi) is 4.66. The minimum atomic E-state index is -0.202. The van der Waals surface area contributed by atoms with E-state index in [0.29, 0.717) is 23.0 Å². The van der Waals surface area contributed by atoms with Gasteiger partial charge in [0, 0.05) is 35.4 Å². The van der Waals surface area contributed by atoms with Crippen molar-refractivity contribution < 1.29 is 4.79 Å². The van der Waals surface area contributed by atoms with Crippen LogP contribution in [-0.4, -0.2) is 25.9 Å². The molecule has 0 fully saturated rings. The van der Waals surface area contributed by atoms with Crippen molar-refractivity contribution in [3.05, 3.63) is 58.5 Å². The van der Waals surface area contributed by atoms with Crippen LogP contribution in [0.1, 0.15) is 28.7 Å². The second-order valence-electron chi connectivity index (χ2n) is 5.45. The number of rotatable bonds is 5. The van der Waals surface area contributed by atoms with E-state index >= 15 is 0 Å². The number of H-pyrrole nitrogens is 1. The molecule has 2 aromatic heterocycles. The first-order valence-corrected chi connectivity index (χ1v) is 8.07. The van der Waals surface area contributed by atoms with Crippen LogP contribution in [-0.2, 0) is 13.1 Å². The van der Waals surface area contributed by atoms with Gasteiger partial charge in [0.2, 0.25) is 0 Å². The minimum Gasteiger partial charge on any atom is -0.347 e. The van der Waals surface area contributed by atoms with Crippen molar-refractivity contribution in [2.24, 2.45) is 0 Å². The molecular formula is C17H18ClN5O. The Balaban J connectivity index is 1.67. The molecule has 2 heterocycles. The molecule has 0 saturated carbocycles. The van der Waals surface area contributed by atoms with Crippen LogP contribution in [0.15, 0.2) is 36.5 Å². The van der Waals surface area contributed by atoms with Crippen LogP contribution in [0.4, 0.5) is 0 Å². The highest BCUT2D eigenvalue weighted by Crippen LogP contribution is 2.20. The summed E-state index contributed by atoms with van der Waals surface area (Å²) >= 11 is 5.88. The predicted molar refractivity (Wildman–Crippen MR) is 92.8 cm³/mol. The molecule has 24 heavy (non-hydrogen) atoms. The lowest BCUT2D eigenvalue weighted by molar-refractivity contribution is 0.0946. The molecule has 0 aliphatic carbocycles. The lowest BCUT2D eigenvalue weighted by atomic mass is 10.1. The zero-order valence-electron chi connectivity index (χ0n) is 13.5. The van der Waals surface area contributed by atoms with E-state index in [4.69, 9.17) is 11.6 Å². The summed E-state index contributed by atoms with van der Waals surface area (Å²) in [6.45, 7) is 5.19. The molecule has 1 aromatic carbocycles. The summed E-state index contributed by atoms with van der Waals surface area (Å²) in [7, 11) is 0. The second-order valence-corrected chi connectivity index (χ2v) is 5.89. The molecule has 0 aliphatic rings. The molecule has 3 aromatic rings. The first-order valence-electron chi connectivity index (χ1n) is 7.69.